The topological polar surface area (TPSA) is 74.3 Å². The minimum absolute atomic E-state index is 0.0764. The fraction of sp³-hybridized carbons (Fsp3) is 0. The van der Waals surface area contributed by atoms with Crippen LogP contribution in [0.1, 0.15) is 0 Å². The second kappa shape index (κ2) is 4.14. The van der Waals surface area contributed by atoms with Crippen LogP contribution in [-0.2, 0) is 0 Å². The van der Waals surface area contributed by atoms with Gasteiger partial charge in [-0.05, 0) is 11.6 Å². The van der Waals surface area contributed by atoms with Crippen LogP contribution >= 0.6 is 23.2 Å². The molecular formula is C4H6Cl2N4. The molecule has 0 aliphatic carbocycles. The smallest absolute Gasteiger partial charge is 0.215 e. The Kier molecular flexibility index (Phi) is 3.83. The van der Waals surface area contributed by atoms with E-state index < -0.39 is 5.96 Å². The molecule has 0 atom stereocenters. The summed E-state index contributed by atoms with van der Waals surface area (Å²) in [5.41, 5.74) is 4.87. The van der Waals surface area contributed by atoms with E-state index in [1.807, 2.05) is 0 Å². The zero-order valence-electron chi connectivity index (χ0n) is 4.99. The van der Waals surface area contributed by atoms with Crippen molar-refractivity contribution in [3.05, 3.63) is 11.7 Å². The molecule has 0 aliphatic heterocycles. The molecule has 0 spiro atoms. The number of nitrogens with one attached hydrogen (secondary N) is 2. The van der Waals surface area contributed by atoms with Crippen LogP contribution < -0.4 is 11.1 Å². The van der Waals surface area contributed by atoms with Crippen LogP contribution in [0, 0.1) is 5.41 Å². The van der Waals surface area contributed by atoms with E-state index in [0.29, 0.717) is 0 Å². The molecule has 0 aliphatic rings. The van der Waals surface area contributed by atoms with Crippen LogP contribution in [0.25, 0.3) is 0 Å². The van der Waals surface area contributed by atoms with Gasteiger partial charge in [-0.2, -0.15) is 4.99 Å². The van der Waals surface area contributed by atoms with Crippen molar-refractivity contribution in [2.75, 3.05) is 0 Å². The molecule has 4 N–H and O–H groups in total. The first-order valence-corrected chi connectivity index (χ1v) is 2.97. The maximum absolute atomic E-state index is 6.66. The lowest BCUT2D eigenvalue weighted by Crippen LogP contribution is -2.18. The number of aliphatic imine (C=N–C) groups is 1. The molecule has 6 heteroatoms. The average molecular weight is 181 g/mol. The van der Waals surface area contributed by atoms with Gasteiger partial charge >= 0.3 is 0 Å². The van der Waals surface area contributed by atoms with E-state index in [2.05, 4.69) is 16.9 Å². The van der Waals surface area contributed by atoms with Crippen molar-refractivity contribution in [3.8, 4) is 0 Å². The lowest BCUT2D eigenvalue weighted by Gasteiger charge is -1.97. The van der Waals surface area contributed by atoms with Gasteiger partial charge in [-0.3, -0.25) is 5.41 Å². The highest BCUT2D eigenvalue weighted by Gasteiger charge is 1.93. The first-order chi connectivity index (χ1) is 4.52. The van der Waals surface area contributed by atoms with Gasteiger partial charge in [0.05, 0.1) is 0 Å². The summed E-state index contributed by atoms with van der Waals surface area (Å²) in [6, 6.07) is 0. The van der Waals surface area contributed by atoms with Crippen molar-refractivity contribution in [3.63, 3.8) is 0 Å². The number of guanidine groups is 1. The van der Waals surface area contributed by atoms with E-state index in [1.54, 1.807) is 0 Å². The number of amidine groups is 1. The molecule has 0 saturated carbocycles. The van der Waals surface area contributed by atoms with Gasteiger partial charge < -0.3 is 11.1 Å². The fourth-order valence-electron chi connectivity index (χ4n) is 0.246. The average Bonchev–Trinajstić information content (AvgIpc) is 1.58. The summed E-state index contributed by atoms with van der Waals surface area (Å²) in [5.74, 6) is -0.393. The Hall–Kier alpha value is -0.740. The third-order valence-corrected chi connectivity index (χ3v) is 0.731. The zero-order valence-corrected chi connectivity index (χ0v) is 6.50. The fourth-order valence-corrected chi connectivity index (χ4v) is 0.589. The molecule has 0 aromatic carbocycles. The summed E-state index contributed by atoms with van der Waals surface area (Å²) >= 11 is 10.6. The highest BCUT2D eigenvalue weighted by Crippen LogP contribution is 1.92. The summed E-state index contributed by atoms with van der Waals surface area (Å²) in [4.78, 5) is 3.30. The van der Waals surface area contributed by atoms with Crippen molar-refractivity contribution < 1.29 is 0 Å². The predicted molar refractivity (Wildman–Crippen MR) is 43.3 cm³/mol. The highest BCUT2D eigenvalue weighted by atomic mass is 35.5. The molecule has 0 radical (unpaired) electrons. The van der Waals surface area contributed by atoms with Gasteiger partial charge in [0.1, 0.15) is 5.16 Å². The van der Waals surface area contributed by atoms with Gasteiger partial charge in [-0.1, -0.05) is 18.2 Å². The van der Waals surface area contributed by atoms with E-state index in [9.17, 15) is 0 Å². The molecule has 4 nitrogen and oxygen atoms in total. The van der Waals surface area contributed by atoms with E-state index in [-0.39, 0.29) is 10.5 Å². The van der Waals surface area contributed by atoms with E-state index >= 15 is 0 Å². The molecule has 10 heavy (non-hydrogen) atoms. The van der Waals surface area contributed by atoms with Crippen LogP contribution in [0.4, 0.5) is 0 Å². The molecule has 0 unspecified atom stereocenters. The number of nitrogens with zero attached hydrogens (tertiary/aromatic N) is 1. The molecular weight excluding hydrogens is 175 g/mol. The maximum atomic E-state index is 6.66. The molecule has 0 bridgehead atoms. The lowest BCUT2D eigenvalue weighted by molar-refractivity contribution is 1.26. The number of nitrogens with two attached hydrogens (primary N) is 1. The van der Waals surface area contributed by atoms with Gasteiger partial charge in [0, 0.05) is 0 Å². The van der Waals surface area contributed by atoms with E-state index in [4.69, 9.17) is 34.3 Å². The molecule has 0 aromatic rings. The molecule has 0 fully saturated rings. The standard InChI is InChI=1S/C4H6Cl2N4/c1-2(5)9-3(6)10-4(7)8/h1H2,(H4,7,8,9,10). The number of halogens is 2. The minimum atomic E-state index is -0.393. The maximum Gasteiger partial charge on any atom is 0.215 e. The zero-order chi connectivity index (χ0) is 8.15. The second-order valence-corrected chi connectivity index (χ2v) is 2.13. The van der Waals surface area contributed by atoms with Gasteiger partial charge in [0.2, 0.25) is 11.3 Å². The molecule has 0 amide bonds. The first-order valence-electron chi connectivity index (χ1n) is 2.22. The first kappa shape index (κ1) is 9.26. The lowest BCUT2D eigenvalue weighted by atomic mass is 10.9. The largest absolute Gasteiger partial charge is 0.368 e. The van der Waals surface area contributed by atoms with Crippen LogP contribution in [0.3, 0.4) is 0 Å². The van der Waals surface area contributed by atoms with Gasteiger partial charge in [0.25, 0.3) is 0 Å². The normalized spacial score (nSPS) is 10.8. The number of hydrogen-bond acceptors (Lipinski definition) is 1. The van der Waals surface area contributed by atoms with Crippen molar-refractivity contribution in [2.45, 2.75) is 0 Å². The minimum Gasteiger partial charge on any atom is -0.368 e. The van der Waals surface area contributed by atoms with Gasteiger partial charge in [0.15, 0.2) is 0 Å². The third kappa shape index (κ3) is 5.40. The molecule has 56 valence electrons. The summed E-state index contributed by atoms with van der Waals surface area (Å²) in [6.45, 7) is 3.28. The third-order valence-electron chi connectivity index (χ3n) is 0.457. The van der Waals surface area contributed by atoms with Crippen LogP contribution in [-0.4, -0.2) is 11.3 Å². The Bertz CT molecular complexity index is 186. The molecule has 0 rings (SSSR count). The van der Waals surface area contributed by atoms with Gasteiger partial charge in [-0.15, -0.1) is 0 Å². The van der Waals surface area contributed by atoms with Gasteiger partial charge in [-0.25, -0.2) is 0 Å². The monoisotopic (exact) mass is 180 g/mol. The van der Waals surface area contributed by atoms with Crippen molar-refractivity contribution in [1.82, 2.24) is 5.32 Å². The van der Waals surface area contributed by atoms with Crippen molar-refractivity contribution >= 4 is 34.5 Å². The number of hydrogen-bond donors (Lipinski definition) is 3. The van der Waals surface area contributed by atoms with E-state index in [1.165, 1.54) is 0 Å². The van der Waals surface area contributed by atoms with E-state index in [0.717, 1.165) is 0 Å². The summed E-state index contributed by atoms with van der Waals surface area (Å²) in [6.07, 6.45) is 0. The van der Waals surface area contributed by atoms with Crippen molar-refractivity contribution in [2.24, 2.45) is 10.7 Å². The molecule has 0 saturated heterocycles. The molecule has 0 heterocycles. The quantitative estimate of drug-likeness (QED) is 0.317. The Morgan fingerprint density at radius 3 is 2.40 bits per heavy atom. The summed E-state index contributed by atoms with van der Waals surface area (Å²) < 4.78 is 0. The predicted octanol–water partition coefficient (Wildman–Crippen LogP) is 0.774. The van der Waals surface area contributed by atoms with Crippen LogP contribution in [0.5, 0.6) is 0 Å². The highest BCUT2D eigenvalue weighted by molar-refractivity contribution is 6.66. The molecule has 0 aromatic heterocycles. The van der Waals surface area contributed by atoms with Crippen molar-refractivity contribution in [1.29, 1.82) is 5.41 Å². The Morgan fingerprint density at radius 2 is 2.10 bits per heavy atom. The Labute approximate surface area is 68.2 Å². The SMILES string of the molecule is C=C(Cl)NC(Cl)=NC(=N)N. The summed E-state index contributed by atoms with van der Waals surface area (Å²) in [7, 11) is 0. The van der Waals surface area contributed by atoms with Crippen LogP contribution in [0.15, 0.2) is 16.7 Å². The van der Waals surface area contributed by atoms with Crippen LogP contribution in [0.2, 0.25) is 0 Å². The Balaban J connectivity index is 3.95. The Morgan fingerprint density at radius 1 is 1.60 bits per heavy atom. The summed E-state index contributed by atoms with van der Waals surface area (Å²) in [5, 5.41) is 9.05. The second-order valence-electron chi connectivity index (χ2n) is 1.32. The number of rotatable bonds is 1.